The van der Waals surface area contributed by atoms with E-state index >= 15 is 0 Å². The van der Waals surface area contributed by atoms with Crippen LogP contribution in [0.5, 0.6) is 0 Å². The van der Waals surface area contributed by atoms with Crippen LogP contribution in [0.3, 0.4) is 0 Å². The Kier molecular flexibility index (Phi) is 7.89. The first-order chi connectivity index (χ1) is 11.3. The SMILES string of the molecule is CCCCCC=CCC(O)C#Cc1cccc(C2OCCO2)c1. The summed E-state index contributed by atoms with van der Waals surface area (Å²) in [5.41, 5.74) is 1.84. The molecule has 1 atom stereocenters. The van der Waals surface area contributed by atoms with Gasteiger partial charge in [0.1, 0.15) is 6.10 Å². The lowest BCUT2D eigenvalue weighted by molar-refractivity contribution is -0.0441. The van der Waals surface area contributed by atoms with Gasteiger partial charge in [-0.25, -0.2) is 0 Å². The van der Waals surface area contributed by atoms with Gasteiger partial charge in [0.2, 0.25) is 0 Å². The van der Waals surface area contributed by atoms with Crippen molar-refractivity contribution in [2.45, 2.75) is 51.4 Å². The summed E-state index contributed by atoms with van der Waals surface area (Å²) >= 11 is 0. The third-order valence-corrected chi connectivity index (χ3v) is 3.66. The molecule has 1 unspecified atom stereocenters. The molecule has 1 aromatic carbocycles. The van der Waals surface area contributed by atoms with Gasteiger partial charge in [-0.3, -0.25) is 0 Å². The maximum atomic E-state index is 9.92. The van der Waals surface area contributed by atoms with Crippen molar-refractivity contribution < 1.29 is 14.6 Å². The lowest BCUT2D eigenvalue weighted by atomic mass is 10.1. The van der Waals surface area contributed by atoms with Crippen LogP contribution in [0.1, 0.15) is 56.4 Å². The van der Waals surface area contributed by atoms with Gasteiger partial charge in [-0.05, 0) is 25.0 Å². The number of hydrogen-bond donors (Lipinski definition) is 1. The fourth-order valence-corrected chi connectivity index (χ4v) is 2.39. The highest BCUT2D eigenvalue weighted by atomic mass is 16.7. The maximum absolute atomic E-state index is 9.92. The van der Waals surface area contributed by atoms with E-state index in [2.05, 4.69) is 24.8 Å². The molecule has 0 radical (unpaired) electrons. The van der Waals surface area contributed by atoms with Crippen molar-refractivity contribution in [3.63, 3.8) is 0 Å². The second-order valence-electron chi connectivity index (χ2n) is 5.69. The molecule has 1 fully saturated rings. The van der Waals surface area contributed by atoms with Crippen LogP contribution in [-0.2, 0) is 9.47 Å². The zero-order valence-electron chi connectivity index (χ0n) is 13.8. The Bertz CT molecular complexity index is 547. The van der Waals surface area contributed by atoms with E-state index in [1.807, 2.05) is 30.3 Å². The summed E-state index contributed by atoms with van der Waals surface area (Å²) in [4.78, 5) is 0. The summed E-state index contributed by atoms with van der Waals surface area (Å²) < 4.78 is 11.0. The Balaban J connectivity index is 1.82. The molecule has 1 aromatic rings. The summed E-state index contributed by atoms with van der Waals surface area (Å²) in [5.74, 6) is 5.92. The summed E-state index contributed by atoms with van der Waals surface area (Å²) in [6.45, 7) is 3.46. The fraction of sp³-hybridized carbons (Fsp3) is 0.500. The number of aliphatic hydroxyl groups excluding tert-OH is 1. The monoisotopic (exact) mass is 314 g/mol. The van der Waals surface area contributed by atoms with Crippen molar-refractivity contribution >= 4 is 0 Å². The molecule has 1 aliphatic heterocycles. The summed E-state index contributed by atoms with van der Waals surface area (Å²) in [6, 6.07) is 7.79. The van der Waals surface area contributed by atoms with Gasteiger partial charge in [-0.1, -0.05) is 55.9 Å². The van der Waals surface area contributed by atoms with Crippen LogP contribution in [0.15, 0.2) is 36.4 Å². The minimum atomic E-state index is -0.625. The standard InChI is InChI=1S/C20H26O3/c1-2-3-4-5-6-7-11-19(21)13-12-17-9-8-10-18(16-17)20-22-14-15-23-20/h6-10,16,19-21H,2-5,11,14-15H2,1H3. The van der Waals surface area contributed by atoms with Crippen molar-refractivity contribution in [2.24, 2.45) is 0 Å². The van der Waals surface area contributed by atoms with E-state index in [1.165, 1.54) is 19.3 Å². The van der Waals surface area contributed by atoms with E-state index in [-0.39, 0.29) is 6.29 Å². The molecule has 2 rings (SSSR count). The van der Waals surface area contributed by atoms with Gasteiger partial charge in [0, 0.05) is 17.5 Å². The smallest absolute Gasteiger partial charge is 0.184 e. The van der Waals surface area contributed by atoms with Crippen LogP contribution >= 0.6 is 0 Å². The molecule has 0 aliphatic carbocycles. The minimum Gasteiger partial charge on any atom is -0.380 e. The molecule has 23 heavy (non-hydrogen) atoms. The third kappa shape index (κ3) is 6.58. The van der Waals surface area contributed by atoms with Crippen molar-refractivity contribution in [1.29, 1.82) is 0 Å². The number of unbranched alkanes of at least 4 members (excludes halogenated alkanes) is 3. The highest BCUT2D eigenvalue weighted by molar-refractivity contribution is 5.38. The third-order valence-electron chi connectivity index (χ3n) is 3.66. The van der Waals surface area contributed by atoms with E-state index < -0.39 is 6.10 Å². The number of benzene rings is 1. The molecule has 0 spiro atoms. The topological polar surface area (TPSA) is 38.7 Å². The molecule has 0 amide bonds. The molecule has 1 aliphatic rings. The molecule has 0 bridgehead atoms. The van der Waals surface area contributed by atoms with Crippen LogP contribution in [0.2, 0.25) is 0 Å². The summed E-state index contributed by atoms with van der Waals surface area (Å²) in [5, 5.41) is 9.92. The number of aliphatic hydroxyl groups is 1. The highest BCUT2D eigenvalue weighted by Gasteiger charge is 2.17. The summed E-state index contributed by atoms with van der Waals surface area (Å²) in [6.07, 6.45) is 8.61. The highest BCUT2D eigenvalue weighted by Crippen LogP contribution is 2.23. The first-order valence-electron chi connectivity index (χ1n) is 8.47. The van der Waals surface area contributed by atoms with E-state index in [1.54, 1.807) is 0 Å². The molecular weight excluding hydrogens is 288 g/mol. The van der Waals surface area contributed by atoms with Gasteiger partial charge in [0.25, 0.3) is 0 Å². The fourth-order valence-electron chi connectivity index (χ4n) is 2.39. The largest absolute Gasteiger partial charge is 0.380 e. The van der Waals surface area contributed by atoms with Crippen LogP contribution in [0.4, 0.5) is 0 Å². The first kappa shape index (κ1) is 17.7. The van der Waals surface area contributed by atoms with E-state index in [0.29, 0.717) is 19.6 Å². The normalized spacial score (nSPS) is 16.4. The van der Waals surface area contributed by atoms with Gasteiger partial charge in [-0.2, -0.15) is 0 Å². The number of hydrogen-bond acceptors (Lipinski definition) is 3. The molecule has 0 saturated carbocycles. The van der Waals surface area contributed by atoms with Crippen molar-refractivity contribution in [1.82, 2.24) is 0 Å². The van der Waals surface area contributed by atoms with E-state index in [9.17, 15) is 5.11 Å². The van der Waals surface area contributed by atoms with Crippen LogP contribution in [-0.4, -0.2) is 24.4 Å². The van der Waals surface area contributed by atoms with Crippen molar-refractivity contribution in [3.05, 3.63) is 47.5 Å². The number of allylic oxidation sites excluding steroid dienone is 1. The number of ether oxygens (including phenoxy) is 2. The van der Waals surface area contributed by atoms with Crippen LogP contribution < -0.4 is 0 Å². The number of rotatable bonds is 7. The van der Waals surface area contributed by atoms with Gasteiger partial charge in [0.15, 0.2) is 6.29 Å². The average Bonchev–Trinajstić information content (AvgIpc) is 3.11. The Hall–Kier alpha value is -1.60. The molecular formula is C20H26O3. The van der Waals surface area contributed by atoms with Crippen molar-refractivity contribution in [3.8, 4) is 11.8 Å². The molecule has 0 aromatic heterocycles. The van der Waals surface area contributed by atoms with Crippen LogP contribution in [0, 0.1) is 11.8 Å². The van der Waals surface area contributed by atoms with Gasteiger partial charge < -0.3 is 14.6 Å². The zero-order valence-corrected chi connectivity index (χ0v) is 13.8. The molecule has 1 N–H and O–H groups in total. The lowest BCUT2D eigenvalue weighted by Gasteiger charge is -2.09. The maximum Gasteiger partial charge on any atom is 0.184 e. The lowest BCUT2D eigenvalue weighted by Crippen LogP contribution is -2.01. The molecule has 1 saturated heterocycles. The summed E-state index contributed by atoms with van der Waals surface area (Å²) in [7, 11) is 0. The molecule has 3 nitrogen and oxygen atoms in total. The second kappa shape index (κ2) is 10.2. The Morgan fingerprint density at radius 1 is 1.26 bits per heavy atom. The van der Waals surface area contributed by atoms with E-state index in [4.69, 9.17) is 9.47 Å². The predicted molar refractivity (Wildman–Crippen MR) is 91.9 cm³/mol. The second-order valence-corrected chi connectivity index (χ2v) is 5.69. The average molecular weight is 314 g/mol. The van der Waals surface area contributed by atoms with Gasteiger partial charge >= 0.3 is 0 Å². The predicted octanol–water partition coefficient (Wildman–Crippen LogP) is 3.97. The Morgan fingerprint density at radius 2 is 2.09 bits per heavy atom. The first-order valence-corrected chi connectivity index (χ1v) is 8.47. The quantitative estimate of drug-likeness (QED) is 0.470. The minimum absolute atomic E-state index is 0.285. The van der Waals surface area contributed by atoms with Crippen LogP contribution in [0.25, 0.3) is 0 Å². The van der Waals surface area contributed by atoms with Gasteiger partial charge in [0.05, 0.1) is 13.2 Å². The Morgan fingerprint density at radius 3 is 2.87 bits per heavy atom. The molecule has 3 heteroatoms. The Labute approximate surface area is 139 Å². The molecule has 124 valence electrons. The zero-order chi connectivity index (χ0) is 16.3. The van der Waals surface area contributed by atoms with Gasteiger partial charge in [-0.15, -0.1) is 0 Å². The van der Waals surface area contributed by atoms with Crippen molar-refractivity contribution in [2.75, 3.05) is 13.2 Å². The molecule has 1 heterocycles. The van der Waals surface area contributed by atoms with E-state index in [0.717, 1.165) is 17.5 Å².